The van der Waals surface area contributed by atoms with Crippen molar-refractivity contribution in [1.29, 1.82) is 0 Å². The van der Waals surface area contributed by atoms with Gasteiger partial charge in [-0.15, -0.1) is 11.3 Å². The maximum atomic E-state index is 5.44. The number of thiazole rings is 1. The fourth-order valence-corrected chi connectivity index (χ4v) is 2.24. The first-order valence-corrected chi connectivity index (χ1v) is 7.02. The molecule has 0 fully saturated rings. The van der Waals surface area contributed by atoms with Crippen molar-refractivity contribution in [2.45, 2.75) is 45.6 Å². The molecule has 16 heavy (non-hydrogen) atoms. The second kappa shape index (κ2) is 8.67. The topological polar surface area (TPSA) is 50.9 Å². The monoisotopic (exact) mass is 241 g/mol. The zero-order chi connectivity index (χ0) is 11.6. The molecule has 0 bridgehead atoms. The van der Waals surface area contributed by atoms with Gasteiger partial charge in [-0.2, -0.15) is 0 Å². The minimum absolute atomic E-state index is 0.835. The first kappa shape index (κ1) is 13.6. The van der Waals surface area contributed by atoms with Gasteiger partial charge in [-0.3, -0.25) is 0 Å². The summed E-state index contributed by atoms with van der Waals surface area (Å²) in [5, 5.41) is 6.71. The van der Waals surface area contributed by atoms with E-state index in [-0.39, 0.29) is 0 Å². The third-order valence-electron chi connectivity index (χ3n) is 2.53. The molecular formula is C12H23N3S. The van der Waals surface area contributed by atoms with Crippen LogP contribution in [0.25, 0.3) is 0 Å². The first-order chi connectivity index (χ1) is 7.83. The van der Waals surface area contributed by atoms with Crippen LogP contribution in [-0.4, -0.2) is 18.1 Å². The molecule has 0 saturated carbocycles. The van der Waals surface area contributed by atoms with E-state index in [1.807, 2.05) is 6.92 Å². The molecule has 1 heterocycles. The van der Waals surface area contributed by atoms with Crippen LogP contribution in [-0.2, 0) is 6.54 Å². The number of nitrogens with two attached hydrogens (primary N) is 1. The zero-order valence-electron chi connectivity index (χ0n) is 10.2. The third kappa shape index (κ3) is 6.20. The summed E-state index contributed by atoms with van der Waals surface area (Å²) >= 11 is 1.72. The third-order valence-corrected chi connectivity index (χ3v) is 3.35. The first-order valence-electron chi connectivity index (χ1n) is 6.14. The average molecular weight is 241 g/mol. The van der Waals surface area contributed by atoms with Crippen molar-refractivity contribution < 1.29 is 0 Å². The Bertz CT molecular complexity index is 273. The maximum Gasteiger partial charge on any atom is 0.0897 e. The molecule has 0 unspecified atom stereocenters. The standard InChI is InChI=1S/C12H23N3S/c1-11-15-12(10-16-11)9-14-8-6-4-2-3-5-7-13/h10,14H,2-9,13H2,1H3. The van der Waals surface area contributed by atoms with Crippen LogP contribution >= 0.6 is 11.3 Å². The molecule has 0 amide bonds. The van der Waals surface area contributed by atoms with E-state index in [9.17, 15) is 0 Å². The molecule has 1 rings (SSSR count). The van der Waals surface area contributed by atoms with Crippen LogP contribution < -0.4 is 11.1 Å². The number of rotatable bonds is 9. The zero-order valence-corrected chi connectivity index (χ0v) is 11.0. The van der Waals surface area contributed by atoms with Crippen LogP contribution in [0.1, 0.15) is 42.8 Å². The number of aryl methyl sites for hydroxylation is 1. The van der Waals surface area contributed by atoms with Crippen molar-refractivity contribution in [1.82, 2.24) is 10.3 Å². The van der Waals surface area contributed by atoms with Crippen molar-refractivity contribution in [3.63, 3.8) is 0 Å². The fourth-order valence-electron chi connectivity index (χ4n) is 1.63. The van der Waals surface area contributed by atoms with E-state index in [1.54, 1.807) is 11.3 Å². The number of aromatic nitrogens is 1. The van der Waals surface area contributed by atoms with E-state index < -0.39 is 0 Å². The summed E-state index contributed by atoms with van der Waals surface area (Å²) in [6, 6.07) is 0. The van der Waals surface area contributed by atoms with Crippen LogP contribution in [0, 0.1) is 6.92 Å². The highest BCUT2D eigenvalue weighted by Gasteiger charge is 1.96. The van der Waals surface area contributed by atoms with Gasteiger partial charge in [0.1, 0.15) is 0 Å². The lowest BCUT2D eigenvalue weighted by Crippen LogP contribution is -2.14. The molecule has 92 valence electrons. The Morgan fingerprint density at radius 2 is 2.00 bits per heavy atom. The molecule has 0 aliphatic carbocycles. The Hall–Kier alpha value is -0.450. The highest BCUT2D eigenvalue weighted by atomic mass is 32.1. The normalized spacial score (nSPS) is 10.9. The highest BCUT2D eigenvalue weighted by molar-refractivity contribution is 7.09. The van der Waals surface area contributed by atoms with Crippen LogP contribution in [0.4, 0.5) is 0 Å². The number of unbranched alkanes of at least 4 members (excludes halogenated alkanes) is 4. The molecule has 0 radical (unpaired) electrons. The van der Waals surface area contributed by atoms with Gasteiger partial charge in [0.25, 0.3) is 0 Å². The van der Waals surface area contributed by atoms with Gasteiger partial charge in [-0.05, 0) is 32.9 Å². The van der Waals surface area contributed by atoms with Crippen molar-refractivity contribution in [2.24, 2.45) is 5.73 Å². The molecular weight excluding hydrogens is 218 g/mol. The van der Waals surface area contributed by atoms with Gasteiger partial charge in [0.05, 0.1) is 10.7 Å². The van der Waals surface area contributed by atoms with E-state index in [0.29, 0.717) is 0 Å². The van der Waals surface area contributed by atoms with E-state index in [1.165, 1.54) is 37.8 Å². The molecule has 4 heteroatoms. The van der Waals surface area contributed by atoms with E-state index in [0.717, 1.165) is 24.6 Å². The molecule has 3 N–H and O–H groups in total. The average Bonchev–Trinajstić information content (AvgIpc) is 2.68. The Morgan fingerprint density at radius 3 is 2.69 bits per heavy atom. The van der Waals surface area contributed by atoms with Crippen molar-refractivity contribution in [3.05, 3.63) is 16.1 Å². The lowest BCUT2D eigenvalue weighted by Gasteiger charge is -2.02. The van der Waals surface area contributed by atoms with Crippen molar-refractivity contribution >= 4 is 11.3 Å². The number of nitrogens with zero attached hydrogens (tertiary/aromatic N) is 1. The van der Waals surface area contributed by atoms with Crippen molar-refractivity contribution in [2.75, 3.05) is 13.1 Å². The van der Waals surface area contributed by atoms with Crippen LogP contribution in [0.3, 0.4) is 0 Å². The van der Waals surface area contributed by atoms with Crippen LogP contribution in [0.5, 0.6) is 0 Å². The minimum atomic E-state index is 0.835. The summed E-state index contributed by atoms with van der Waals surface area (Å²) in [6.45, 7) is 4.89. The summed E-state index contributed by atoms with van der Waals surface area (Å²) in [7, 11) is 0. The number of hydrogen-bond donors (Lipinski definition) is 2. The molecule has 0 aliphatic heterocycles. The maximum absolute atomic E-state index is 5.44. The Morgan fingerprint density at radius 1 is 1.25 bits per heavy atom. The van der Waals surface area contributed by atoms with Gasteiger partial charge in [-0.25, -0.2) is 4.98 Å². The molecule has 0 aromatic carbocycles. The largest absolute Gasteiger partial charge is 0.330 e. The summed E-state index contributed by atoms with van der Waals surface area (Å²) in [5.41, 5.74) is 6.61. The van der Waals surface area contributed by atoms with Crippen LogP contribution in [0.15, 0.2) is 5.38 Å². The summed E-state index contributed by atoms with van der Waals surface area (Å²) in [6.07, 6.45) is 6.33. The molecule has 3 nitrogen and oxygen atoms in total. The van der Waals surface area contributed by atoms with Gasteiger partial charge in [0.2, 0.25) is 0 Å². The molecule has 0 atom stereocenters. The number of nitrogens with one attached hydrogen (secondary N) is 1. The highest BCUT2D eigenvalue weighted by Crippen LogP contribution is 2.07. The number of hydrogen-bond acceptors (Lipinski definition) is 4. The van der Waals surface area contributed by atoms with E-state index in [4.69, 9.17) is 5.73 Å². The van der Waals surface area contributed by atoms with Gasteiger partial charge < -0.3 is 11.1 Å². The van der Waals surface area contributed by atoms with E-state index in [2.05, 4.69) is 15.7 Å². The predicted molar refractivity (Wildman–Crippen MR) is 70.7 cm³/mol. The molecule has 1 aromatic rings. The molecule has 0 saturated heterocycles. The van der Waals surface area contributed by atoms with Crippen molar-refractivity contribution in [3.8, 4) is 0 Å². The predicted octanol–water partition coefficient (Wildman–Crippen LogP) is 2.45. The minimum Gasteiger partial charge on any atom is -0.330 e. The van der Waals surface area contributed by atoms with E-state index >= 15 is 0 Å². The quantitative estimate of drug-likeness (QED) is 0.653. The summed E-state index contributed by atoms with van der Waals surface area (Å²) < 4.78 is 0. The summed E-state index contributed by atoms with van der Waals surface area (Å²) in [5.74, 6) is 0. The molecule has 0 spiro atoms. The van der Waals surface area contributed by atoms with Gasteiger partial charge in [0, 0.05) is 11.9 Å². The molecule has 1 aromatic heterocycles. The Kier molecular flexibility index (Phi) is 7.38. The fraction of sp³-hybridized carbons (Fsp3) is 0.750. The second-order valence-electron chi connectivity index (χ2n) is 4.09. The lowest BCUT2D eigenvalue weighted by molar-refractivity contribution is 0.575. The smallest absolute Gasteiger partial charge is 0.0897 e. The Balaban J connectivity index is 1.88. The lowest BCUT2D eigenvalue weighted by atomic mass is 10.1. The van der Waals surface area contributed by atoms with Crippen LogP contribution in [0.2, 0.25) is 0 Å². The summed E-state index contributed by atoms with van der Waals surface area (Å²) in [4.78, 5) is 4.41. The van der Waals surface area contributed by atoms with Gasteiger partial charge >= 0.3 is 0 Å². The van der Waals surface area contributed by atoms with Gasteiger partial charge in [0.15, 0.2) is 0 Å². The molecule has 0 aliphatic rings. The SMILES string of the molecule is Cc1nc(CNCCCCCCCN)cs1. The van der Waals surface area contributed by atoms with Gasteiger partial charge in [-0.1, -0.05) is 19.3 Å². The Labute approximate surface area is 102 Å². The second-order valence-corrected chi connectivity index (χ2v) is 5.15.